The molecule has 0 atom stereocenters. The second-order valence-corrected chi connectivity index (χ2v) is 8.90. The lowest BCUT2D eigenvalue weighted by atomic mass is 10.1. The minimum atomic E-state index is -1.31. The Morgan fingerprint density at radius 3 is 2.75 bits per heavy atom. The van der Waals surface area contributed by atoms with Crippen LogP contribution in [0.3, 0.4) is 0 Å². The Hall–Kier alpha value is -2.90. The smallest absolute Gasteiger partial charge is 0.347 e. The molecule has 0 fully saturated rings. The predicted octanol–water partition coefficient (Wildman–Crippen LogP) is 5.67. The first-order chi connectivity index (χ1) is 15.2. The first-order valence-electron chi connectivity index (χ1n) is 10.3. The van der Waals surface area contributed by atoms with Crippen molar-refractivity contribution in [3.63, 3.8) is 0 Å². The van der Waals surface area contributed by atoms with Crippen LogP contribution in [0, 0.1) is 6.92 Å². The van der Waals surface area contributed by atoms with Gasteiger partial charge in [0.15, 0.2) is 5.60 Å². The highest BCUT2D eigenvalue weighted by Crippen LogP contribution is 2.27. The van der Waals surface area contributed by atoms with Crippen LogP contribution in [0.15, 0.2) is 64.0 Å². The lowest BCUT2D eigenvalue weighted by Gasteiger charge is -2.23. The summed E-state index contributed by atoms with van der Waals surface area (Å²) in [7, 11) is 0. The van der Waals surface area contributed by atoms with Gasteiger partial charge in [0.05, 0.1) is 5.69 Å². The van der Waals surface area contributed by atoms with Crippen LogP contribution in [0.1, 0.15) is 36.4 Å². The third-order valence-electron chi connectivity index (χ3n) is 4.96. The van der Waals surface area contributed by atoms with Gasteiger partial charge >= 0.3 is 5.97 Å². The van der Waals surface area contributed by atoms with Crippen molar-refractivity contribution in [1.82, 2.24) is 10.3 Å². The number of carboxylic acids is 1. The number of rotatable bonds is 10. The lowest BCUT2D eigenvalue weighted by Crippen LogP contribution is -2.38. The number of aryl methyl sites for hydroxylation is 1. The van der Waals surface area contributed by atoms with Gasteiger partial charge in [-0.3, -0.25) is 0 Å². The Balaban J connectivity index is 1.68. The third kappa shape index (κ3) is 5.87. The molecule has 7 heteroatoms. The molecular formula is C25H27BrN2O4. The summed E-state index contributed by atoms with van der Waals surface area (Å²) in [5, 5.41) is 12.7. The van der Waals surface area contributed by atoms with Crippen molar-refractivity contribution in [2.75, 3.05) is 0 Å². The van der Waals surface area contributed by atoms with Crippen molar-refractivity contribution >= 4 is 21.9 Å². The van der Waals surface area contributed by atoms with Crippen molar-refractivity contribution in [1.29, 1.82) is 0 Å². The van der Waals surface area contributed by atoms with Crippen LogP contribution in [0.25, 0.3) is 11.5 Å². The molecule has 3 aromatic rings. The summed E-state index contributed by atoms with van der Waals surface area (Å²) in [5.41, 5.74) is 2.41. The van der Waals surface area contributed by atoms with E-state index in [1.807, 2.05) is 49.4 Å². The van der Waals surface area contributed by atoms with Crippen LogP contribution in [-0.4, -0.2) is 21.7 Å². The lowest BCUT2D eigenvalue weighted by molar-refractivity contribution is -0.152. The number of halogens is 1. The van der Waals surface area contributed by atoms with Crippen LogP contribution in [0.4, 0.5) is 0 Å². The van der Waals surface area contributed by atoms with E-state index in [1.54, 1.807) is 6.08 Å². The number of nitrogens with one attached hydrogen (secondary N) is 1. The number of benzene rings is 2. The van der Waals surface area contributed by atoms with E-state index >= 15 is 0 Å². The monoisotopic (exact) mass is 498 g/mol. The summed E-state index contributed by atoms with van der Waals surface area (Å²) in [6.45, 7) is 9.94. The zero-order chi connectivity index (χ0) is 23.3. The van der Waals surface area contributed by atoms with Gasteiger partial charge in [0.2, 0.25) is 5.89 Å². The number of aromatic nitrogens is 1. The molecule has 32 heavy (non-hydrogen) atoms. The number of carbonyl (C=O) groups is 1. The quantitative estimate of drug-likeness (QED) is 0.350. The van der Waals surface area contributed by atoms with Crippen LogP contribution in [0.2, 0.25) is 0 Å². The molecule has 0 saturated heterocycles. The maximum atomic E-state index is 11.4. The number of nitrogens with zero attached hydrogens (tertiary/aromatic N) is 1. The fraction of sp³-hybridized carbons (Fsp3) is 0.280. The number of ether oxygens (including phenoxy) is 1. The maximum absolute atomic E-state index is 11.4. The first kappa shape index (κ1) is 23.8. The fourth-order valence-corrected chi connectivity index (χ4v) is 3.54. The topological polar surface area (TPSA) is 84.6 Å². The Morgan fingerprint density at radius 1 is 1.28 bits per heavy atom. The molecule has 3 rings (SSSR count). The highest BCUT2D eigenvalue weighted by molar-refractivity contribution is 9.10. The Morgan fingerprint density at radius 2 is 2.06 bits per heavy atom. The summed E-state index contributed by atoms with van der Waals surface area (Å²) in [6, 6.07) is 13.6. The molecule has 0 spiro atoms. The van der Waals surface area contributed by atoms with E-state index in [-0.39, 0.29) is 0 Å². The minimum absolute atomic E-state index is 0.548. The van der Waals surface area contributed by atoms with Crippen molar-refractivity contribution in [2.45, 2.75) is 45.9 Å². The van der Waals surface area contributed by atoms with Crippen LogP contribution >= 0.6 is 15.9 Å². The summed E-state index contributed by atoms with van der Waals surface area (Å²) in [4.78, 5) is 16.0. The van der Waals surface area contributed by atoms with Gasteiger partial charge in [-0.15, -0.1) is 6.58 Å². The Kier molecular flexibility index (Phi) is 7.53. The van der Waals surface area contributed by atoms with Gasteiger partial charge in [0, 0.05) is 23.1 Å². The molecule has 0 saturated carbocycles. The highest BCUT2D eigenvalue weighted by Gasteiger charge is 2.30. The maximum Gasteiger partial charge on any atom is 0.347 e. The molecule has 6 nitrogen and oxygen atoms in total. The van der Waals surface area contributed by atoms with E-state index in [1.165, 1.54) is 13.8 Å². The standard InChI is InChI=1S/C25H27BrN2O4/c1-5-7-18-12-17(10-11-22(18)32-25(3,4)24(29)30)14-27-15-21-16(2)31-23(28-21)19-8-6-9-20(26)13-19/h5-6,8-13,27H,1,7,14-15H2,2-4H3,(H,29,30). The van der Waals surface area contributed by atoms with Crippen molar-refractivity contribution in [3.8, 4) is 17.2 Å². The van der Waals surface area contributed by atoms with Gasteiger partial charge in [-0.05, 0) is 62.6 Å². The third-order valence-corrected chi connectivity index (χ3v) is 5.45. The van der Waals surface area contributed by atoms with Crippen LogP contribution in [-0.2, 0) is 24.3 Å². The number of carboxylic acid groups (broad SMARTS) is 1. The van der Waals surface area contributed by atoms with Crippen molar-refractivity contribution in [3.05, 3.63) is 82.2 Å². The van der Waals surface area contributed by atoms with Gasteiger partial charge in [-0.25, -0.2) is 9.78 Å². The molecule has 2 N–H and O–H groups in total. The molecule has 1 aromatic heterocycles. The molecule has 0 radical (unpaired) electrons. The second kappa shape index (κ2) is 10.1. The molecule has 1 heterocycles. The molecule has 0 aliphatic rings. The normalized spacial score (nSPS) is 11.4. The molecule has 168 valence electrons. The molecule has 0 amide bonds. The highest BCUT2D eigenvalue weighted by atomic mass is 79.9. The van der Waals surface area contributed by atoms with E-state index in [2.05, 4.69) is 32.8 Å². The van der Waals surface area contributed by atoms with E-state index in [0.717, 1.165) is 32.6 Å². The van der Waals surface area contributed by atoms with Crippen molar-refractivity contribution < 1.29 is 19.1 Å². The average Bonchev–Trinajstić information content (AvgIpc) is 3.10. The fourth-order valence-electron chi connectivity index (χ4n) is 3.14. The van der Waals surface area contributed by atoms with E-state index < -0.39 is 11.6 Å². The average molecular weight is 499 g/mol. The van der Waals surface area contributed by atoms with Gasteiger partial charge in [-0.1, -0.05) is 40.2 Å². The number of oxazole rings is 1. The number of allylic oxidation sites excluding steroid dienone is 1. The minimum Gasteiger partial charge on any atom is -0.478 e. The zero-order valence-corrected chi connectivity index (χ0v) is 20.0. The van der Waals surface area contributed by atoms with E-state index in [0.29, 0.717) is 31.2 Å². The predicted molar refractivity (Wildman–Crippen MR) is 128 cm³/mol. The van der Waals surface area contributed by atoms with E-state index in [4.69, 9.17) is 9.15 Å². The summed E-state index contributed by atoms with van der Waals surface area (Å²) < 4.78 is 12.6. The largest absolute Gasteiger partial charge is 0.478 e. The molecular weight excluding hydrogens is 472 g/mol. The second-order valence-electron chi connectivity index (χ2n) is 7.99. The summed E-state index contributed by atoms with van der Waals surface area (Å²) >= 11 is 3.47. The zero-order valence-electron chi connectivity index (χ0n) is 18.4. The first-order valence-corrected chi connectivity index (χ1v) is 11.1. The van der Waals surface area contributed by atoms with Crippen molar-refractivity contribution in [2.24, 2.45) is 0 Å². The number of aliphatic carboxylic acids is 1. The Labute approximate surface area is 196 Å². The van der Waals surface area contributed by atoms with E-state index in [9.17, 15) is 9.90 Å². The molecule has 2 aromatic carbocycles. The number of hydrogen-bond acceptors (Lipinski definition) is 5. The van der Waals surface area contributed by atoms with Gasteiger partial charge in [-0.2, -0.15) is 0 Å². The summed E-state index contributed by atoms with van der Waals surface area (Å²) in [6.07, 6.45) is 2.35. The molecule has 0 aliphatic carbocycles. The molecule has 0 bridgehead atoms. The van der Waals surface area contributed by atoms with Crippen LogP contribution < -0.4 is 10.1 Å². The SMILES string of the molecule is C=CCc1cc(CNCc2nc(-c3cccc(Br)c3)oc2C)ccc1OC(C)(C)C(=O)O. The van der Waals surface area contributed by atoms with Gasteiger partial charge < -0.3 is 19.6 Å². The Bertz CT molecular complexity index is 1120. The molecule has 0 unspecified atom stereocenters. The number of hydrogen-bond donors (Lipinski definition) is 2. The summed E-state index contributed by atoms with van der Waals surface area (Å²) in [5.74, 6) is 0.904. The van der Waals surface area contributed by atoms with Gasteiger partial charge in [0.25, 0.3) is 0 Å². The van der Waals surface area contributed by atoms with Crippen LogP contribution in [0.5, 0.6) is 5.75 Å². The van der Waals surface area contributed by atoms with Gasteiger partial charge in [0.1, 0.15) is 11.5 Å². The molecule has 0 aliphatic heterocycles.